The lowest BCUT2D eigenvalue weighted by Crippen LogP contribution is -2.43. The van der Waals surface area contributed by atoms with Gasteiger partial charge in [-0.3, -0.25) is 4.79 Å². The van der Waals surface area contributed by atoms with Crippen molar-refractivity contribution in [3.63, 3.8) is 0 Å². The Labute approximate surface area is 245 Å². The predicted octanol–water partition coefficient (Wildman–Crippen LogP) is 5.57. The van der Waals surface area contributed by atoms with Crippen molar-refractivity contribution in [2.75, 3.05) is 7.11 Å². The van der Waals surface area contributed by atoms with Crippen LogP contribution in [0.3, 0.4) is 0 Å². The molecule has 42 heavy (non-hydrogen) atoms. The van der Waals surface area contributed by atoms with Crippen LogP contribution in [0, 0.1) is 0 Å². The van der Waals surface area contributed by atoms with Crippen molar-refractivity contribution in [2.45, 2.75) is 58.6 Å². The molecular weight excluding hydrogens is 536 g/mol. The molecule has 1 aromatic heterocycles. The first-order chi connectivity index (χ1) is 20.1. The monoisotopic (exact) mass is 572 g/mol. The van der Waals surface area contributed by atoms with Crippen LogP contribution in [-0.2, 0) is 50.0 Å². The zero-order valence-corrected chi connectivity index (χ0v) is 24.3. The second-order valence-electron chi connectivity index (χ2n) is 10.8. The minimum absolute atomic E-state index is 0.0320. The fraction of sp³-hybridized carbons (Fsp3) is 0.303. The van der Waals surface area contributed by atoms with Gasteiger partial charge in [-0.15, -0.1) is 0 Å². The molecule has 0 saturated heterocycles. The normalized spacial score (nSPS) is 11.9. The van der Waals surface area contributed by atoms with Gasteiger partial charge in [-0.25, -0.2) is 9.59 Å². The van der Waals surface area contributed by atoms with E-state index in [0.29, 0.717) is 11.3 Å². The molecule has 0 aliphatic rings. The standard InChI is InChI=1S/C33H36N2O7/c1-33(2,3)42-30(36)20-35-19-25(27-18-26(39-4)15-16-29(27)35)17-28(31(37)40-21-23-11-7-5-8-12-23)34-32(38)41-22-24-13-9-6-10-14-24/h5-16,18-19,28H,17,20-22H2,1-4H3,(H,34,38)/t28-/m0/s1. The van der Waals surface area contributed by atoms with E-state index in [4.69, 9.17) is 18.9 Å². The summed E-state index contributed by atoms with van der Waals surface area (Å²) >= 11 is 0. The third-order valence-electron chi connectivity index (χ3n) is 6.33. The zero-order chi connectivity index (χ0) is 30.1. The number of hydrogen-bond acceptors (Lipinski definition) is 7. The Bertz CT molecular complexity index is 1510. The Morgan fingerprint density at radius 1 is 0.857 bits per heavy atom. The van der Waals surface area contributed by atoms with Crippen molar-refractivity contribution >= 4 is 28.9 Å². The summed E-state index contributed by atoms with van der Waals surface area (Å²) in [5.74, 6) is -0.410. The number of aromatic nitrogens is 1. The van der Waals surface area contributed by atoms with Crippen LogP contribution in [-0.4, -0.2) is 41.4 Å². The summed E-state index contributed by atoms with van der Waals surface area (Å²) in [5.41, 5.74) is 2.45. The Morgan fingerprint density at radius 2 is 1.48 bits per heavy atom. The van der Waals surface area contributed by atoms with E-state index in [9.17, 15) is 14.4 Å². The Balaban J connectivity index is 1.58. The Hall–Kier alpha value is -4.79. The van der Waals surface area contributed by atoms with Crippen LogP contribution in [0.25, 0.3) is 10.9 Å². The summed E-state index contributed by atoms with van der Waals surface area (Å²) in [5, 5.41) is 3.44. The number of nitrogens with zero attached hydrogens (tertiary/aromatic N) is 1. The maximum Gasteiger partial charge on any atom is 0.408 e. The molecule has 0 aliphatic carbocycles. The van der Waals surface area contributed by atoms with Gasteiger partial charge in [-0.1, -0.05) is 60.7 Å². The van der Waals surface area contributed by atoms with E-state index in [2.05, 4.69) is 5.32 Å². The average molecular weight is 573 g/mol. The lowest BCUT2D eigenvalue weighted by atomic mass is 10.0. The first kappa shape index (κ1) is 30.2. The number of carbonyl (C=O) groups excluding carboxylic acids is 3. The lowest BCUT2D eigenvalue weighted by molar-refractivity contribution is -0.155. The van der Waals surface area contributed by atoms with Crippen molar-refractivity contribution in [3.05, 3.63) is 102 Å². The molecule has 1 atom stereocenters. The smallest absolute Gasteiger partial charge is 0.408 e. The van der Waals surface area contributed by atoms with E-state index in [-0.39, 0.29) is 26.2 Å². The highest BCUT2D eigenvalue weighted by molar-refractivity contribution is 5.88. The minimum atomic E-state index is -1.07. The summed E-state index contributed by atoms with van der Waals surface area (Å²) in [6.45, 7) is 5.49. The molecule has 220 valence electrons. The van der Waals surface area contributed by atoms with Gasteiger partial charge >= 0.3 is 18.0 Å². The van der Waals surface area contributed by atoms with E-state index >= 15 is 0 Å². The van der Waals surface area contributed by atoms with E-state index in [1.807, 2.05) is 93.6 Å². The summed E-state index contributed by atoms with van der Waals surface area (Å²) in [6.07, 6.45) is 1.11. The van der Waals surface area contributed by atoms with Crippen molar-refractivity contribution in [1.82, 2.24) is 9.88 Å². The van der Waals surface area contributed by atoms with Crippen molar-refractivity contribution < 1.29 is 33.3 Å². The number of benzene rings is 3. The zero-order valence-electron chi connectivity index (χ0n) is 24.3. The van der Waals surface area contributed by atoms with Gasteiger partial charge in [-0.05, 0) is 55.7 Å². The predicted molar refractivity (Wildman–Crippen MR) is 158 cm³/mol. The molecular formula is C33H36N2O7. The molecule has 4 aromatic rings. The largest absolute Gasteiger partial charge is 0.497 e. The van der Waals surface area contributed by atoms with Crippen LogP contribution in [0.2, 0.25) is 0 Å². The molecule has 0 fully saturated rings. The Morgan fingerprint density at radius 3 is 2.07 bits per heavy atom. The second kappa shape index (κ2) is 13.7. The molecule has 0 saturated carbocycles. The highest BCUT2D eigenvalue weighted by Crippen LogP contribution is 2.28. The first-order valence-corrected chi connectivity index (χ1v) is 13.7. The number of fused-ring (bicyclic) bond motifs is 1. The fourth-order valence-electron chi connectivity index (χ4n) is 4.43. The number of rotatable bonds is 11. The van der Waals surface area contributed by atoms with Crippen LogP contribution in [0.5, 0.6) is 5.75 Å². The topological polar surface area (TPSA) is 105 Å². The number of carbonyl (C=O) groups is 3. The van der Waals surface area contributed by atoms with Gasteiger partial charge in [-0.2, -0.15) is 0 Å². The molecule has 0 radical (unpaired) electrons. The third-order valence-corrected chi connectivity index (χ3v) is 6.33. The molecule has 0 aliphatic heterocycles. The van der Waals surface area contributed by atoms with Gasteiger partial charge in [0.2, 0.25) is 0 Å². The minimum Gasteiger partial charge on any atom is -0.497 e. The van der Waals surface area contributed by atoms with Crippen molar-refractivity contribution in [1.29, 1.82) is 0 Å². The molecule has 3 aromatic carbocycles. The van der Waals surface area contributed by atoms with Gasteiger partial charge in [0.25, 0.3) is 0 Å². The molecule has 0 bridgehead atoms. The summed E-state index contributed by atoms with van der Waals surface area (Å²) in [7, 11) is 1.56. The van der Waals surface area contributed by atoms with Crippen LogP contribution in [0.1, 0.15) is 37.5 Å². The first-order valence-electron chi connectivity index (χ1n) is 13.7. The van der Waals surface area contributed by atoms with Crippen LogP contribution in [0.4, 0.5) is 4.79 Å². The summed E-state index contributed by atoms with van der Waals surface area (Å²) in [6, 6.07) is 22.9. The van der Waals surface area contributed by atoms with Gasteiger partial charge in [0, 0.05) is 23.5 Å². The molecule has 1 amide bonds. The van der Waals surface area contributed by atoms with Crippen LogP contribution < -0.4 is 10.1 Å². The summed E-state index contributed by atoms with van der Waals surface area (Å²) in [4.78, 5) is 38.8. The van der Waals surface area contributed by atoms with Gasteiger partial charge in [0.1, 0.15) is 37.2 Å². The molecule has 0 spiro atoms. The molecule has 9 heteroatoms. The van der Waals surface area contributed by atoms with E-state index in [0.717, 1.165) is 22.0 Å². The van der Waals surface area contributed by atoms with Gasteiger partial charge in [0.05, 0.1) is 7.11 Å². The highest BCUT2D eigenvalue weighted by Gasteiger charge is 2.26. The maximum absolute atomic E-state index is 13.3. The number of ether oxygens (including phenoxy) is 4. The number of esters is 2. The number of nitrogens with one attached hydrogen (secondary N) is 1. The molecule has 4 rings (SSSR count). The van der Waals surface area contributed by atoms with E-state index in [1.165, 1.54) is 0 Å². The maximum atomic E-state index is 13.3. The SMILES string of the molecule is COc1ccc2c(c1)c(C[C@H](NC(=O)OCc1ccccc1)C(=O)OCc1ccccc1)cn2CC(=O)OC(C)(C)C. The van der Waals surface area contributed by atoms with Gasteiger partial charge < -0.3 is 28.8 Å². The lowest BCUT2D eigenvalue weighted by Gasteiger charge is -2.19. The molecule has 1 N–H and O–H groups in total. The summed E-state index contributed by atoms with van der Waals surface area (Å²) < 4.78 is 23.7. The van der Waals surface area contributed by atoms with Crippen molar-refractivity contribution in [3.8, 4) is 5.75 Å². The van der Waals surface area contributed by atoms with Crippen LogP contribution in [0.15, 0.2) is 85.1 Å². The quantitative estimate of drug-likeness (QED) is 0.185. The molecule has 0 unspecified atom stereocenters. The van der Waals surface area contributed by atoms with Gasteiger partial charge in [0.15, 0.2) is 0 Å². The van der Waals surface area contributed by atoms with Crippen molar-refractivity contribution in [2.24, 2.45) is 0 Å². The van der Waals surface area contributed by atoms with Crippen LogP contribution >= 0.6 is 0 Å². The van der Waals surface area contributed by atoms with E-state index in [1.54, 1.807) is 23.9 Å². The fourth-order valence-corrected chi connectivity index (χ4v) is 4.43. The number of hydrogen-bond donors (Lipinski definition) is 1. The number of alkyl carbamates (subject to hydrolysis) is 1. The molecule has 1 heterocycles. The number of methoxy groups -OCH3 is 1. The number of amides is 1. The highest BCUT2D eigenvalue weighted by atomic mass is 16.6. The molecule has 9 nitrogen and oxygen atoms in total. The third kappa shape index (κ3) is 8.60. The Kier molecular flexibility index (Phi) is 9.85. The van der Waals surface area contributed by atoms with E-state index < -0.39 is 29.7 Å². The average Bonchev–Trinajstić information content (AvgIpc) is 3.30. The second-order valence-corrected chi connectivity index (χ2v) is 10.8.